The molecule has 2 unspecified atom stereocenters. The number of carbonyl (C=O) groups is 2. The molecule has 6 heteroatoms. The lowest BCUT2D eigenvalue weighted by molar-refractivity contribution is -0.143. The molecule has 0 heterocycles. The number of hydrogen-bond donors (Lipinski definition) is 3. The molecule has 410 valence electrons. The van der Waals surface area contributed by atoms with Gasteiger partial charge in [-0.2, -0.15) is 0 Å². The van der Waals surface area contributed by atoms with E-state index in [0.717, 1.165) is 44.9 Å². The summed E-state index contributed by atoms with van der Waals surface area (Å²) in [5, 5.41) is 23.4. The molecule has 0 aliphatic carbocycles. The van der Waals surface area contributed by atoms with Gasteiger partial charge in [-0.05, 0) is 44.9 Å². The van der Waals surface area contributed by atoms with E-state index in [2.05, 4.69) is 31.3 Å². The van der Waals surface area contributed by atoms with Crippen molar-refractivity contribution < 1.29 is 24.5 Å². The molecule has 1 amide bonds. The Morgan fingerprint density at radius 1 is 0.391 bits per heavy atom. The van der Waals surface area contributed by atoms with Crippen LogP contribution in [0.3, 0.4) is 0 Å². The predicted molar refractivity (Wildman–Crippen MR) is 301 cm³/mol. The lowest BCUT2D eigenvalue weighted by atomic mass is 10.0. The molecule has 0 spiro atoms. The Kier molecular flexibility index (Phi) is 58.0. The standard InChI is InChI=1S/C63H123NO5/c1-3-5-7-9-11-13-15-16-17-18-19-23-26-29-32-36-39-43-47-51-55-61(66)60(59-65)64-62(67)56-52-48-44-40-37-33-30-27-24-21-20-22-25-28-31-34-38-42-46-50-54-58-69-63(68)57-53-49-45-41-35-14-12-10-8-6-4-2/h10,12,60-61,65-66H,3-9,11,13-59H2,1-2H3,(H,64,67)/b12-10-. The van der Waals surface area contributed by atoms with Gasteiger partial charge >= 0.3 is 5.97 Å². The molecule has 3 N–H and O–H groups in total. The summed E-state index contributed by atoms with van der Waals surface area (Å²) in [7, 11) is 0. The number of allylic oxidation sites excluding steroid dienone is 2. The average molecular weight is 975 g/mol. The first-order valence-electron chi connectivity index (χ1n) is 31.4. The number of carbonyl (C=O) groups excluding carboxylic acids is 2. The Labute approximate surface area is 431 Å². The van der Waals surface area contributed by atoms with E-state index < -0.39 is 12.1 Å². The molecule has 0 aliphatic rings. The number of amides is 1. The highest BCUT2D eigenvalue weighted by Crippen LogP contribution is 2.18. The minimum atomic E-state index is -0.665. The van der Waals surface area contributed by atoms with Crippen molar-refractivity contribution >= 4 is 11.9 Å². The molecule has 2 atom stereocenters. The third-order valence-electron chi connectivity index (χ3n) is 14.8. The molecule has 0 aromatic rings. The molecular formula is C63H123NO5. The summed E-state index contributed by atoms with van der Waals surface area (Å²) < 4.78 is 5.46. The summed E-state index contributed by atoms with van der Waals surface area (Å²) in [4.78, 5) is 24.5. The highest BCUT2D eigenvalue weighted by Gasteiger charge is 2.20. The van der Waals surface area contributed by atoms with Crippen molar-refractivity contribution in [2.45, 2.75) is 366 Å². The lowest BCUT2D eigenvalue weighted by Gasteiger charge is -2.22. The van der Waals surface area contributed by atoms with E-state index in [9.17, 15) is 19.8 Å². The number of rotatable bonds is 59. The van der Waals surface area contributed by atoms with Crippen molar-refractivity contribution in [2.24, 2.45) is 0 Å². The summed E-state index contributed by atoms with van der Waals surface area (Å²) in [5.41, 5.74) is 0. The molecule has 0 rings (SSSR count). The van der Waals surface area contributed by atoms with Crippen molar-refractivity contribution in [3.63, 3.8) is 0 Å². The van der Waals surface area contributed by atoms with E-state index >= 15 is 0 Å². The number of aliphatic hydroxyl groups is 2. The molecule has 0 aromatic carbocycles. The third-order valence-corrected chi connectivity index (χ3v) is 14.8. The van der Waals surface area contributed by atoms with Gasteiger partial charge in [0, 0.05) is 12.8 Å². The monoisotopic (exact) mass is 974 g/mol. The van der Waals surface area contributed by atoms with Crippen molar-refractivity contribution in [3.8, 4) is 0 Å². The van der Waals surface area contributed by atoms with Gasteiger partial charge in [0.25, 0.3) is 0 Å². The SMILES string of the molecule is CCCC/C=C\CCCCCCCC(=O)OCCCCCCCCCCCCCCCCCCCCCCCC(=O)NC(CO)C(O)CCCCCCCCCCCCCCCCCCCCCC. The van der Waals surface area contributed by atoms with Crippen molar-refractivity contribution in [2.75, 3.05) is 13.2 Å². The maximum absolute atomic E-state index is 12.5. The van der Waals surface area contributed by atoms with E-state index in [1.807, 2.05) is 0 Å². The summed E-state index contributed by atoms with van der Waals surface area (Å²) in [6.45, 7) is 4.94. The van der Waals surface area contributed by atoms with E-state index in [1.165, 1.54) is 276 Å². The van der Waals surface area contributed by atoms with E-state index in [4.69, 9.17) is 4.74 Å². The Morgan fingerprint density at radius 3 is 1.07 bits per heavy atom. The highest BCUT2D eigenvalue weighted by molar-refractivity contribution is 5.76. The molecule has 0 saturated carbocycles. The molecule has 0 fully saturated rings. The molecule has 69 heavy (non-hydrogen) atoms. The van der Waals surface area contributed by atoms with Gasteiger partial charge in [0.15, 0.2) is 0 Å². The van der Waals surface area contributed by atoms with Crippen LogP contribution in [0.2, 0.25) is 0 Å². The molecule has 6 nitrogen and oxygen atoms in total. The fourth-order valence-corrected chi connectivity index (χ4v) is 9.98. The molecular weight excluding hydrogens is 851 g/mol. The zero-order valence-corrected chi connectivity index (χ0v) is 46.8. The zero-order valence-electron chi connectivity index (χ0n) is 46.8. The van der Waals surface area contributed by atoms with Crippen molar-refractivity contribution in [1.29, 1.82) is 0 Å². The van der Waals surface area contributed by atoms with Gasteiger partial charge < -0.3 is 20.3 Å². The fraction of sp³-hybridized carbons (Fsp3) is 0.937. The first kappa shape index (κ1) is 67.6. The van der Waals surface area contributed by atoms with Crippen LogP contribution >= 0.6 is 0 Å². The van der Waals surface area contributed by atoms with Crippen LogP contribution in [0, 0.1) is 0 Å². The van der Waals surface area contributed by atoms with Gasteiger partial charge in [-0.1, -0.05) is 309 Å². The van der Waals surface area contributed by atoms with E-state index in [-0.39, 0.29) is 18.5 Å². The van der Waals surface area contributed by atoms with Crippen LogP contribution in [0.15, 0.2) is 12.2 Å². The van der Waals surface area contributed by atoms with Crippen LogP contribution < -0.4 is 5.32 Å². The second-order valence-electron chi connectivity index (χ2n) is 21.7. The molecule has 0 saturated heterocycles. The van der Waals surface area contributed by atoms with Crippen LogP contribution in [-0.4, -0.2) is 47.4 Å². The van der Waals surface area contributed by atoms with Gasteiger partial charge in [0.1, 0.15) is 0 Å². The van der Waals surface area contributed by atoms with Gasteiger partial charge in [-0.25, -0.2) is 0 Å². The van der Waals surface area contributed by atoms with E-state index in [1.54, 1.807) is 0 Å². The lowest BCUT2D eigenvalue weighted by Crippen LogP contribution is -2.45. The minimum Gasteiger partial charge on any atom is -0.466 e. The second-order valence-corrected chi connectivity index (χ2v) is 21.7. The Hall–Kier alpha value is -1.40. The number of unbranched alkanes of at least 4 members (excludes halogenated alkanes) is 46. The number of hydrogen-bond acceptors (Lipinski definition) is 5. The normalized spacial score (nSPS) is 12.6. The highest BCUT2D eigenvalue weighted by atomic mass is 16.5. The first-order valence-corrected chi connectivity index (χ1v) is 31.4. The second kappa shape index (κ2) is 59.2. The Bertz CT molecular complexity index is 1030. The van der Waals surface area contributed by atoms with Crippen molar-refractivity contribution in [3.05, 3.63) is 12.2 Å². The number of nitrogens with one attached hydrogen (secondary N) is 1. The van der Waals surface area contributed by atoms with Gasteiger partial charge in [0.05, 0.1) is 25.4 Å². The van der Waals surface area contributed by atoms with Crippen LogP contribution in [0.1, 0.15) is 354 Å². The largest absolute Gasteiger partial charge is 0.466 e. The molecule has 0 bridgehead atoms. The van der Waals surface area contributed by atoms with Gasteiger partial charge in [-0.15, -0.1) is 0 Å². The summed E-state index contributed by atoms with van der Waals surface area (Å²) >= 11 is 0. The summed E-state index contributed by atoms with van der Waals surface area (Å²) in [6, 6.07) is -0.542. The van der Waals surface area contributed by atoms with Gasteiger partial charge in [-0.3, -0.25) is 9.59 Å². The Morgan fingerprint density at radius 2 is 0.696 bits per heavy atom. The molecule has 0 aliphatic heterocycles. The number of ether oxygens (including phenoxy) is 1. The topological polar surface area (TPSA) is 95.9 Å². The zero-order chi connectivity index (χ0) is 50.0. The summed E-state index contributed by atoms with van der Waals surface area (Å²) in [6.07, 6.45) is 70.8. The Balaban J connectivity index is 3.39. The van der Waals surface area contributed by atoms with Crippen LogP contribution in [0.4, 0.5) is 0 Å². The third kappa shape index (κ3) is 55.8. The van der Waals surface area contributed by atoms with Crippen LogP contribution in [0.25, 0.3) is 0 Å². The molecule has 0 aromatic heterocycles. The summed E-state index contributed by atoms with van der Waals surface area (Å²) in [5.74, 6) is -0.0305. The fourth-order valence-electron chi connectivity index (χ4n) is 9.98. The predicted octanol–water partition coefficient (Wildman–Crippen LogP) is 19.6. The average Bonchev–Trinajstić information content (AvgIpc) is 3.35. The maximum atomic E-state index is 12.5. The van der Waals surface area contributed by atoms with E-state index in [0.29, 0.717) is 25.9 Å². The van der Waals surface area contributed by atoms with Crippen LogP contribution in [0.5, 0.6) is 0 Å². The smallest absolute Gasteiger partial charge is 0.305 e. The quantitative estimate of drug-likeness (QED) is 0.0321. The maximum Gasteiger partial charge on any atom is 0.305 e. The number of aliphatic hydroxyl groups excluding tert-OH is 2. The van der Waals surface area contributed by atoms with Crippen molar-refractivity contribution in [1.82, 2.24) is 5.32 Å². The minimum absolute atomic E-state index is 0.00171. The van der Waals surface area contributed by atoms with Crippen LogP contribution in [-0.2, 0) is 14.3 Å². The first-order chi connectivity index (χ1) is 34.0. The van der Waals surface area contributed by atoms with Gasteiger partial charge in [0.2, 0.25) is 5.91 Å². The number of esters is 1. The molecule has 0 radical (unpaired) electrons.